The highest BCUT2D eigenvalue weighted by molar-refractivity contribution is 7.90. The number of phenols is 1. The molecular weight excluding hydrogens is 293 g/mol. The fraction of sp³-hybridized carbons (Fsp3) is 0.200. The van der Waals surface area contributed by atoms with Gasteiger partial charge in [0.2, 0.25) is 0 Å². The Morgan fingerprint density at radius 2 is 1.95 bits per heavy atom. The molecule has 0 aliphatic carbocycles. The number of nitrogens with one attached hydrogen (secondary N) is 1. The van der Waals surface area contributed by atoms with Gasteiger partial charge in [-0.15, -0.1) is 0 Å². The predicted molar refractivity (Wildman–Crippen MR) is 79.7 cm³/mol. The highest BCUT2D eigenvalue weighted by Gasteiger charge is 2.11. The highest BCUT2D eigenvalue weighted by Crippen LogP contribution is 2.24. The van der Waals surface area contributed by atoms with Gasteiger partial charge >= 0.3 is 0 Å². The van der Waals surface area contributed by atoms with Crippen molar-refractivity contribution in [1.82, 2.24) is 0 Å². The molecule has 0 unspecified atom stereocenters. The summed E-state index contributed by atoms with van der Waals surface area (Å²) >= 11 is 0. The van der Waals surface area contributed by atoms with Crippen molar-refractivity contribution in [3.05, 3.63) is 53.3 Å². The molecule has 2 N–H and O–H groups in total. The Kier molecular flexibility index (Phi) is 4.18. The normalized spacial score (nSPS) is 11.4. The van der Waals surface area contributed by atoms with Gasteiger partial charge < -0.3 is 10.4 Å². The fourth-order valence-electron chi connectivity index (χ4n) is 1.92. The third kappa shape index (κ3) is 3.52. The maximum atomic E-state index is 13.7. The van der Waals surface area contributed by atoms with Crippen LogP contribution in [-0.2, 0) is 16.4 Å². The van der Waals surface area contributed by atoms with Crippen LogP contribution in [0.1, 0.15) is 11.1 Å². The van der Waals surface area contributed by atoms with E-state index in [4.69, 9.17) is 0 Å². The average Bonchev–Trinajstić information content (AvgIpc) is 2.40. The van der Waals surface area contributed by atoms with Crippen LogP contribution in [0.2, 0.25) is 0 Å². The largest absolute Gasteiger partial charge is 0.507 e. The number of aromatic hydroxyl groups is 1. The number of phenolic OH excluding ortho intramolecular Hbond substituents is 1. The summed E-state index contributed by atoms with van der Waals surface area (Å²) < 4.78 is 36.7. The molecule has 2 aromatic rings. The van der Waals surface area contributed by atoms with Crippen LogP contribution in [-0.4, -0.2) is 19.8 Å². The molecule has 0 fully saturated rings. The number of para-hydroxylation sites is 1. The maximum Gasteiger partial charge on any atom is 0.175 e. The van der Waals surface area contributed by atoms with Crippen LogP contribution in [0.4, 0.5) is 10.1 Å². The van der Waals surface area contributed by atoms with Gasteiger partial charge in [-0.05, 0) is 30.7 Å². The second kappa shape index (κ2) is 5.73. The number of benzene rings is 2. The minimum atomic E-state index is -3.40. The quantitative estimate of drug-likeness (QED) is 0.852. The van der Waals surface area contributed by atoms with E-state index in [1.807, 2.05) is 0 Å². The minimum absolute atomic E-state index is 0.0415. The Morgan fingerprint density at radius 3 is 2.62 bits per heavy atom. The van der Waals surface area contributed by atoms with Crippen molar-refractivity contribution in [2.45, 2.75) is 18.4 Å². The molecule has 0 spiro atoms. The second-order valence-electron chi connectivity index (χ2n) is 4.85. The predicted octanol–water partition coefficient (Wildman–Crippen LogP) is 2.86. The molecule has 0 heterocycles. The Hall–Kier alpha value is -2.08. The Morgan fingerprint density at radius 1 is 1.24 bits per heavy atom. The van der Waals surface area contributed by atoms with Gasteiger partial charge in [-0.2, -0.15) is 0 Å². The molecule has 112 valence electrons. The van der Waals surface area contributed by atoms with Gasteiger partial charge in [0.05, 0.1) is 10.6 Å². The SMILES string of the molecule is Cc1cccc(CNc2cc(S(C)(=O)=O)ccc2F)c1O. The number of hydrogen-bond acceptors (Lipinski definition) is 4. The molecule has 0 aliphatic heterocycles. The molecule has 2 aromatic carbocycles. The lowest BCUT2D eigenvalue weighted by atomic mass is 10.1. The summed E-state index contributed by atoms with van der Waals surface area (Å²) in [6, 6.07) is 8.85. The van der Waals surface area contributed by atoms with Gasteiger partial charge in [0.15, 0.2) is 9.84 Å². The third-order valence-corrected chi connectivity index (χ3v) is 4.27. The van der Waals surface area contributed by atoms with Crippen LogP contribution < -0.4 is 5.32 Å². The number of hydrogen-bond donors (Lipinski definition) is 2. The van der Waals surface area contributed by atoms with E-state index in [1.165, 1.54) is 12.1 Å². The van der Waals surface area contributed by atoms with Crippen molar-refractivity contribution in [3.8, 4) is 5.75 Å². The molecule has 21 heavy (non-hydrogen) atoms. The van der Waals surface area contributed by atoms with E-state index in [2.05, 4.69) is 5.32 Å². The number of sulfone groups is 1. The summed E-state index contributed by atoms with van der Waals surface area (Å²) in [5, 5.41) is 12.7. The van der Waals surface area contributed by atoms with E-state index in [1.54, 1.807) is 25.1 Å². The second-order valence-corrected chi connectivity index (χ2v) is 6.87. The molecule has 0 amide bonds. The summed E-state index contributed by atoms with van der Waals surface area (Å²) in [6.07, 6.45) is 1.07. The van der Waals surface area contributed by atoms with E-state index >= 15 is 0 Å². The molecule has 4 nitrogen and oxygen atoms in total. The van der Waals surface area contributed by atoms with Crippen LogP contribution >= 0.6 is 0 Å². The van der Waals surface area contributed by atoms with Crippen LogP contribution in [0.15, 0.2) is 41.3 Å². The molecule has 0 aromatic heterocycles. The summed E-state index contributed by atoms with van der Waals surface area (Å²) in [7, 11) is -3.40. The van der Waals surface area contributed by atoms with Crippen molar-refractivity contribution in [1.29, 1.82) is 0 Å². The Balaban J connectivity index is 2.26. The van der Waals surface area contributed by atoms with Crippen molar-refractivity contribution in [2.24, 2.45) is 0 Å². The molecule has 0 aliphatic rings. The van der Waals surface area contributed by atoms with E-state index in [0.717, 1.165) is 17.9 Å². The van der Waals surface area contributed by atoms with Crippen LogP contribution in [0, 0.1) is 12.7 Å². The van der Waals surface area contributed by atoms with Crippen LogP contribution in [0.25, 0.3) is 0 Å². The van der Waals surface area contributed by atoms with Crippen LogP contribution in [0.5, 0.6) is 5.75 Å². The minimum Gasteiger partial charge on any atom is -0.507 e. The lowest BCUT2D eigenvalue weighted by Crippen LogP contribution is -2.04. The first-order chi connectivity index (χ1) is 9.79. The number of rotatable bonds is 4. The molecule has 0 bridgehead atoms. The van der Waals surface area contributed by atoms with Crippen molar-refractivity contribution in [3.63, 3.8) is 0 Å². The van der Waals surface area contributed by atoms with Gasteiger partial charge in [0, 0.05) is 18.4 Å². The monoisotopic (exact) mass is 309 g/mol. The van der Waals surface area contributed by atoms with Crippen molar-refractivity contribution < 1.29 is 17.9 Å². The van der Waals surface area contributed by atoms with E-state index < -0.39 is 15.7 Å². The summed E-state index contributed by atoms with van der Waals surface area (Å²) in [6.45, 7) is 1.96. The first-order valence-corrected chi connectivity index (χ1v) is 8.19. The topological polar surface area (TPSA) is 66.4 Å². The summed E-state index contributed by atoms with van der Waals surface area (Å²) in [4.78, 5) is 0.0415. The average molecular weight is 309 g/mol. The van der Waals surface area contributed by atoms with Gasteiger partial charge in [-0.1, -0.05) is 18.2 Å². The molecule has 0 saturated heterocycles. The van der Waals surface area contributed by atoms with Gasteiger partial charge in [0.1, 0.15) is 11.6 Å². The molecule has 0 saturated carbocycles. The number of halogens is 1. The molecule has 6 heteroatoms. The van der Waals surface area contributed by atoms with Crippen molar-refractivity contribution in [2.75, 3.05) is 11.6 Å². The van der Waals surface area contributed by atoms with E-state index in [0.29, 0.717) is 5.56 Å². The smallest absolute Gasteiger partial charge is 0.175 e. The summed E-state index contributed by atoms with van der Waals surface area (Å²) in [5.41, 5.74) is 1.41. The van der Waals surface area contributed by atoms with E-state index in [9.17, 15) is 17.9 Å². The fourth-order valence-corrected chi connectivity index (χ4v) is 2.57. The maximum absolute atomic E-state index is 13.7. The lowest BCUT2D eigenvalue weighted by Gasteiger charge is -2.11. The number of aryl methyl sites for hydroxylation is 1. The summed E-state index contributed by atoms with van der Waals surface area (Å²) in [5.74, 6) is -0.404. The highest BCUT2D eigenvalue weighted by atomic mass is 32.2. The van der Waals surface area contributed by atoms with E-state index in [-0.39, 0.29) is 22.9 Å². The molecular formula is C15H16FNO3S. The Bertz CT molecular complexity index is 772. The first kappa shape index (κ1) is 15.3. The number of anilines is 1. The van der Waals surface area contributed by atoms with Crippen LogP contribution in [0.3, 0.4) is 0 Å². The molecule has 0 atom stereocenters. The van der Waals surface area contributed by atoms with Crippen molar-refractivity contribution >= 4 is 15.5 Å². The zero-order valence-electron chi connectivity index (χ0n) is 11.7. The molecule has 0 radical (unpaired) electrons. The zero-order valence-corrected chi connectivity index (χ0v) is 12.5. The third-order valence-electron chi connectivity index (χ3n) is 3.16. The van der Waals surface area contributed by atoms with Gasteiger partial charge in [-0.25, -0.2) is 12.8 Å². The Labute approximate surface area is 123 Å². The molecule has 2 rings (SSSR count). The first-order valence-electron chi connectivity index (χ1n) is 6.30. The standard InChI is InChI=1S/C15H16FNO3S/c1-10-4-3-5-11(15(10)18)9-17-14-8-12(21(2,19)20)6-7-13(14)16/h3-8,17-18H,9H2,1-2H3. The van der Waals surface area contributed by atoms with Gasteiger partial charge in [-0.3, -0.25) is 0 Å². The zero-order chi connectivity index (χ0) is 15.6. The van der Waals surface area contributed by atoms with Gasteiger partial charge in [0.25, 0.3) is 0 Å². The lowest BCUT2D eigenvalue weighted by molar-refractivity contribution is 0.465.